The highest BCUT2D eigenvalue weighted by molar-refractivity contribution is 6.00. The Bertz CT molecular complexity index is 1010. The number of carbonyl (C=O) groups is 3. The summed E-state index contributed by atoms with van der Waals surface area (Å²) < 4.78 is 7.36. The van der Waals surface area contributed by atoms with Crippen molar-refractivity contribution in [2.45, 2.75) is 70.6 Å². The van der Waals surface area contributed by atoms with Crippen molar-refractivity contribution in [3.63, 3.8) is 0 Å². The van der Waals surface area contributed by atoms with E-state index in [9.17, 15) is 14.4 Å². The first-order chi connectivity index (χ1) is 15.6. The number of esters is 1. The number of nitrogens with two attached hydrogens (primary N) is 1. The lowest BCUT2D eigenvalue weighted by Gasteiger charge is -2.27. The Hall–Kier alpha value is -2.87. The number of amides is 2. The van der Waals surface area contributed by atoms with Crippen LogP contribution in [0.3, 0.4) is 0 Å². The molecule has 1 aromatic heterocycles. The number of hydrogen-bond donors (Lipinski definition) is 3. The van der Waals surface area contributed by atoms with Gasteiger partial charge in [0.1, 0.15) is 17.3 Å². The van der Waals surface area contributed by atoms with Crippen molar-refractivity contribution in [2.24, 2.45) is 18.7 Å². The fourth-order valence-electron chi connectivity index (χ4n) is 4.41. The van der Waals surface area contributed by atoms with E-state index in [0.717, 1.165) is 17.3 Å². The third-order valence-corrected chi connectivity index (χ3v) is 6.06. The molecule has 8 nitrogen and oxygen atoms in total. The lowest BCUT2D eigenvalue weighted by atomic mass is 10.0. The molecule has 1 saturated carbocycles. The van der Waals surface area contributed by atoms with Gasteiger partial charge < -0.3 is 25.7 Å². The fourth-order valence-corrected chi connectivity index (χ4v) is 4.41. The minimum Gasteiger partial charge on any atom is -0.460 e. The summed E-state index contributed by atoms with van der Waals surface area (Å²) in [5.74, 6) is -1.28. The molecule has 3 rings (SSSR count). The maximum atomic E-state index is 13.2. The maximum absolute atomic E-state index is 13.2. The largest absolute Gasteiger partial charge is 0.460 e. The molecule has 1 aliphatic rings. The molecule has 0 aliphatic heterocycles. The smallest absolute Gasteiger partial charge is 0.311 e. The molecule has 4 N–H and O–H groups in total. The first-order valence-corrected chi connectivity index (χ1v) is 11.7. The zero-order valence-electron chi connectivity index (χ0n) is 20.0. The van der Waals surface area contributed by atoms with Gasteiger partial charge in [-0.25, -0.2) is 0 Å². The van der Waals surface area contributed by atoms with Gasteiger partial charge in [-0.1, -0.05) is 24.6 Å². The van der Waals surface area contributed by atoms with Gasteiger partial charge >= 0.3 is 5.97 Å². The Kier molecular flexibility index (Phi) is 7.79. The van der Waals surface area contributed by atoms with E-state index in [2.05, 4.69) is 10.6 Å². The number of aryl methyl sites for hydroxylation is 1. The highest BCUT2D eigenvalue weighted by Crippen LogP contribution is 2.28. The van der Waals surface area contributed by atoms with E-state index in [1.807, 2.05) is 62.7 Å². The average molecular weight is 457 g/mol. The second kappa shape index (κ2) is 10.4. The molecule has 0 bridgehead atoms. The van der Waals surface area contributed by atoms with E-state index in [4.69, 9.17) is 10.5 Å². The molecule has 1 aromatic carbocycles. The first kappa shape index (κ1) is 24.8. The van der Waals surface area contributed by atoms with E-state index in [1.165, 1.54) is 0 Å². The van der Waals surface area contributed by atoms with Crippen LogP contribution in [0.25, 0.3) is 10.9 Å². The van der Waals surface area contributed by atoms with Crippen molar-refractivity contribution in [2.75, 3.05) is 6.54 Å². The van der Waals surface area contributed by atoms with Crippen molar-refractivity contribution in [3.05, 3.63) is 36.0 Å². The summed E-state index contributed by atoms with van der Waals surface area (Å²) in [5, 5.41) is 6.84. The predicted octanol–water partition coefficient (Wildman–Crippen LogP) is 2.64. The van der Waals surface area contributed by atoms with Crippen molar-refractivity contribution in [1.29, 1.82) is 0 Å². The monoisotopic (exact) mass is 456 g/mol. The zero-order valence-corrected chi connectivity index (χ0v) is 20.0. The third kappa shape index (κ3) is 6.13. The van der Waals surface area contributed by atoms with Gasteiger partial charge in [-0.05, 0) is 65.1 Å². The average Bonchev–Trinajstić information content (AvgIpc) is 3.34. The molecule has 0 radical (unpaired) electrons. The quantitative estimate of drug-likeness (QED) is 0.528. The number of fused-ring (bicyclic) bond motifs is 1. The molecule has 1 heterocycles. The molecule has 2 amide bonds. The van der Waals surface area contributed by atoms with Gasteiger partial charge in [-0.3, -0.25) is 14.4 Å². The lowest BCUT2D eigenvalue weighted by Crippen LogP contribution is -2.51. The Labute approximate surface area is 195 Å². The minimum absolute atomic E-state index is 0.289. The van der Waals surface area contributed by atoms with Crippen LogP contribution >= 0.6 is 0 Å². The molecule has 1 fully saturated rings. The van der Waals surface area contributed by atoms with Crippen molar-refractivity contribution < 1.29 is 19.1 Å². The first-order valence-electron chi connectivity index (χ1n) is 11.7. The number of carbonyl (C=O) groups excluding carboxylic acids is 3. The summed E-state index contributed by atoms with van der Waals surface area (Å²) in [4.78, 5) is 38.8. The van der Waals surface area contributed by atoms with Crippen LogP contribution in [0.5, 0.6) is 0 Å². The summed E-state index contributed by atoms with van der Waals surface area (Å²) in [6.07, 6.45) is 3.23. The Morgan fingerprint density at radius 2 is 1.94 bits per heavy atom. The summed E-state index contributed by atoms with van der Waals surface area (Å²) in [6, 6.07) is 8.51. The highest BCUT2D eigenvalue weighted by Gasteiger charge is 2.38. The molecule has 0 saturated heterocycles. The minimum atomic E-state index is -0.737. The van der Waals surface area contributed by atoms with E-state index < -0.39 is 11.6 Å². The Balaban J connectivity index is 1.71. The molecule has 33 heavy (non-hydrogen) atoms. The van der Waals surface area contributed by atoms with Gasteiger partial charge in [-0.2, -0.15) is 0 Å². The molecule has 1 aliphatic carbocycles. The molecule has 8 heteroatoms. The molecule has 3 atom stereocenters. The topological polar surface area (TPSA) is 115 Å². The number of aromatic nitrogens is 1. The molecule has 0 unspecified atom stereocenters. The number of hydrogen-bond acceptors (Lipinski definition) is 5. The van der Waals surface area contributed by atoms with Gasteiger partial charge in [0.15, 0.2) is 0 Å². The van der Waals surface area contributed by atoms with Crippen LogP contribution in [-0.4, -0.2) is 46.6 Å². The molecule has 2 aromatic rings. The number of benzene rings is 1. The molecular weight excluding hydrogens is 420 g/mol. The molecule has 0 spiro atoms. The lowest BCUT2D eigenvalue weighted by molar-refractivity contribution is -0.160. The van der Waals surface area contributed by atoms with E-state index in [-0.39, 0.29) is 29.7 Å². The molecule has 180 valence electrons. The van der Waals surface area contributed by atoms with Crippen LogP contribution in [0, 0.1) is 5.92 Å². The summed E-state index contributed by atoms with van der Waals surface area (Å²) in [7, 11) is 1.83. The fraction of sp³-hybridized carbons (Fsp3) is 0.560. The maximum Gasteiger partial charge on any atom is 0.311 e. The van der Waals surface area contributed by atoms with Crippen LogP contribution in [0.1, 0.15) is 63.4 Å². The van der Waals surface area contributed by atoms with Gasteiger partial charge in [0.25, 0.3) is 5.91 Å². The van der Waals surface area contributed by atoms with Gasteiger partial charge in [0.05, 0.1) is 5.92 Å². The summed E-state index contributed by atoms with van der Waals surface area (Å²) in [5.41, 5.74) is 6.51. The van der Waals surface area contributed by atoms with Gasteiger partial charge in [-0.15, -0.1) is 0 Å². The Morgan fingerprint density at radius 1 is 1.21 bits per heavy atom. The van der Waals surface area contributed by atoms with Gasteiger partial charge in [0, 0.05) is 24.0 Å². The van der Waals surface area contributed by atoms with E-state index >= 15 is 0 Å². The van der Waals surface area contributed by atoms with Crippen LogP contribution in [0.2, 0.25) is 0 Å². The standard InChI is InChI=1S/C25H36N4O4/c1-25(2,3)33-24(32)17-10-7-11-18(17)27-22(30)19(12-8-14-26)28-23(31)21-15-16-9-5-6-13-20(16)29(21)4/h5-6,9,13,15,17-19H,7-8,10-12,14,26H2,1-4H3,(H,27,30)(H,28,31)/t17-,18+,19+/m1/s1. The van der Waals surface area contributed by atoms with Crippen LogP contribution in [-0.2, 0) is 21.4 Å². The number of nitrogens with one attached hydrogen (secondary N) is 2. The highest BCUT2D eigenvalue weighted by atomic mass is 16.6. The normalized spacial score (nSPS) is 19.3. The number of para-hydroxylation sites is 1. The van der Waals surface area contributed by atoms with E-state index in [0.29, 0.717) is 37.9 Å². The third-order valence-electron chi connectivity index (χ3n) is 6.06. The van der Waals surface area contributed by atoms with Crippen molar-refractivity contribution in [3.8, 4) is 0 Å². The van der Waals surface area contributed by atoms with Crippen LogP contribution < -0.4 is 16.4 Å². The summed E-state index contributed by atoms with van der Waals surface area (Å²) >= 11 is 0. The van der Waals surface area contributed by atoms with Crippen LogP contribution in [0.4, 0.5) is 0 Å². The predicted molar refractivity (Wildman–Crippen MR) is 128 cm³/mol. The van der Waals surface area contributed by atoms with Crippen molar-refractivity contribution in [1.82, 2.24) is 15.2 Å². The number of ether oxygens (including phenoxy) is 1. The second-order valence-corrected chi connectivity index (χ2v) is 9.79. The van der Waals surface area contributed by atoms with Crippen LogP contribution in [0.15, 0.2) is 30.3 Å². The zero-order chi connectivity index (χ0) is 24.2. The van der Waals surface area contributed by atoms with Crippen molar-refractivity contribution >= 4 is 28.7 Å². The Morgan fingerprint density at radius 3 is 2.61 bits per heavy atom. The SMILES string of the molecule is Cn1c(C(=O)N[C@@H](CCCN)C(=O)N[C@H]2CCC[C@H]2C(=O)OC(C)(C)C)cc2ccccc21. The number of rotatable bonds is 8. The second-order valence-electron chi connectivity index (χ2n) is 9.79. The molecular formula is C25H36N4O4. The van der Waals surface area contributed by atoms with Gasteiger partial charge in [0.2, 0.25) is 5.91 Å². The number of nitrogens with zero attached hydrogens (tertiary/aromatic N) is 1. The van der Waals surface area contributed by atoms with E-state index in [1.54, 1.807) is 0 Å². The summed E-state index contributed by atoms with van der Waals surface area (Å²) in [6.45, 7) is 5.91.